The number of halogens is 3. The highest BCUT2D eigenvalue weighted by Gasteiger charge is 2.40. The van der Waals surface area contributed by atoms with Crippen LogP contribution < -0.4 is 16.2 Å². The fourth-order valence-corrected chi connectivity index (χ4v) is 4.80. The maximum absolute atomic E-state index is 15.2. The predicted octanol–water partition coefficient (Wildman–Crippen LogP) is 4.86. The van der Waals surface area contributed by atoms with Crippen LogP contribution >= 0.6 is 27.5 Å². The summed E-state index contributed by atoms with van der Waals surface area (Å²) in [7, 11) is 1.47. The number of carbonyl (C=O) groups excluding carboxylic acids is 3. The van der Waals surface area contributed by atoms with Gasteiger partial charge in [-0.3, -0.25) is 19.5 Å². The van der Waals surface area contributed by atoms with Crippen molar-refractivity contribution in [3.05, 3.63) is 80.0 Å². The van der Waals surface area contributed by atoms with Gasteiger partial charge in [0.2, 0.25) is 5.91 Å². The van der Waals surface area contributed by atoms with Crippen LogP contribution in [-0.4, -0.2) is 64.8 Å². The summed E-state index contributed by atoms with van der Waals surface area (Å²) in [6.07, 6.45) is 2.54. The molecule has 11 nitrogen and oxygen atoms in total. The zero-order valence-electron chi connectivity index (χ0n) is 22.9. The van der Waals surface area contributed by atoms with E-state index in [1.54, 1.807) is 6.07 Å². The Kier molecular flexibility index (Phi) is 9.97. The van der Waals surface area contributed by atoms with E-state index in [0.717, 1.165) is 10.6 Å². The Morgan fingerprint density at radius 2 is 1.95 bits per heavy atom. The molecule has 0 aliphatic carbocycles. The minimum absolute atomic E-state index is 0.0757. The topological polar surface area (TPSA) is 132 Å². The number of amides is 3. The minimum atomic E-state index is -0.964. The highest BCUT2D eigenvalue weighted by molar-refractivity contribution is 9.10. The number of likely N-dealkylation sites (tertiary alicyclic amines) is 1. The first-order valence-electron chi connectivity index (χ1n) is 12.9. The largest absolute Gasteiger partial charge is 0.462 e. The number of carbonyl (C=O) groups is 3. The second kappa shape index (κ2) is 13.4. The van der Waals surface area contributed by atoms with Crippen LogP contribution in [0.1, 0.15) is 30.6 Å². The zero-order valence-corrected chi connectivity index (χ0v) is 25.2. The number of methoxy groups -OCH3 is 1. The lowest BCUT2D eigenvalue weighted by molar-refractivity contribution is -0.119. The van der Waals surface area contributed by atoms with E-state index in [1.165, 1.54) is 48.7 Å². The van der Waals surface area contributed by atoms with E-state index in [-0.39, 0.29) is 48.2 Å². The van der Waals surface area contributed by atoms with Crippen LogP contribution in [0, 0.1) is 11.7 Å². The van der Waals surface area contributed by atoms with Crippen LogP contribution in [-0.2, 0) is 14.3 Å². The molecule has 14 heteroatoms. The number of anilines is 2. The number of hydrogen-bond donors (Lipinski definition) is 2. The van der Waals surface area contributed by atoms with E-state index in [0.29, 0.717) is 9.50 Å². The molecule has 2 N–H and O–H groups in total. The third-order valence-corrected chi connectivity index (χ3v) is 7.02. The molecule has 3 amide bonds. The number of esters is 1. The monoisotopic (exact) mass is 663 g/mol. The standard InChI is InChI=1S/C28H28BrClFN5O6/c1-15(2)14-42-27(39)20-8-16(29)12-35(26(20)38)18-5-6-22(21(31)9-18)33-25(37)23-10-19(41-3)13-36(23)28(40)34-24-7-4-17(30)11-32-24/h4-9,11-12,15,19,23H,10,13-14H2,1-3H3,(H,33,37)(H,32,34,40). The van der Waals surface area contributed by atoms with Gasteiger partial charge in [0.1, 0.15) is 23.2 Å². The van der Waals surface area contributed by atoms with Crippen molar-refractivity contribution in [2.24, 2.45) is 5.92 Å². The first-order valence-corrected chi connectivity index (χ1v) is 14.1. The Labute approximate surface area is 254 Å². The number of urea groups is 1. The molecule has 2 atom stereocenters. The quantitative estimate of drug-likeness (QED) is 0.329. The Morgan fingerprint density at radius 3 is 2.60 bits per heavy atom. The van der Waals surface area contributed by atoms with Crippen molar-refractivity contribution in [3.8, 4) is 5.69 Å². The number of benzene rings is 1. The molecular weight excluding hydrogens is 637 g/mol. The molecule has 1 aliphatic rings. The number of rotatable bonds is 8. The molecule has 1 aromatic carbocycles. The molecular formula is C28H28BrClFN5O6. The van der Waals surface area contributed by atoms with Gasteiger partial charge in [-0.05, 0) is 52.2 Å². The molecule has 0 saturated carbocycles. The van der Waals surface area contributed by atoms with Crippen molar-refractivity contribution in [1.29, 1.82) is 0 Å². The van der Waals surface area contributed by atoms with Crippen LogP contribution in [0.4, 0.5) is 20.7 Å². The van der Waals surface area contributed by atoms with Gasteiger partial charge < -0.3 is 19.7 Å². The summed E-state index contributed by atoms with van der Waals surface area (Å²) < 4.78 is 27.3. The molecule has 0 radical (unpaired) electrons. The normalized spacial score (nSPS) is 16.4. The summed E-state index contributed by atoms with van der Waals surface area (Å²) in [6, 6.07) is 6.62. The van der Waals surface area contributed by atoms with E-state index in [2.05, 4.69) is 31.5 Å². The van der Waals surface area contributed by atoms with Gasteiger partial charge in [-0.25, -0.2) is 19.0 Å². The van der Waals surface area contributed by atoms with Crippen LogP contribution in [0.3, 0.4) is 0 Å². The van der Waals surface area contributed by atoms with Gasteiger partial charge in [-0.2, -0.15) is 0 Å². The van der Waals surface area contributed by atoms with Crippen molar-refractivity contribution in [2.45, 2.75) is 32.4 Å². The smallest absolute Gasteiger partial charge is 0.343 e. The summed E-state index contributed by atoms with van der Waals surface area (Å²) in [4.78, 5) is 57.0. The number of nitrogens with zero attached hydrogens (tertiary/aromatic N) is 3. The molecule has 4 rings (SSSR count). The Balaban J connectivity index is 1.52. The molecule has 1 fully saturated rings. The van der Waals surface area contributed by atoms with E-state index >= 15 is 4.39 Å². The summed E-state index contributed by atoms with van der Waals surface area (Å²) in [5, 5.41) is 5.53. The second-order valence-electron chi connectivity index (χ2n) is 9.95. The molecule has 1 aliphatic heterocycles. The molecule has 0 bridgehead atoms. The maximum Gasteiger partial charge on any atom is 0.343 e. The second-order valence-corrected chi connectivity index (χ2v) is 11.3. The molecule has 3 heterocycles. The van der Waals surface area contributed by atoms with Gasteiger partial charge in [0, 0.05) is 43.0 Å². The van der Waals surface area contributed by atoms with Gasteiger partial charge in [-0.15, -0.1) is 0 Å². The van der Waals surface area contributed by atoms with E-state index in [9.17, 15) is 19.2 Å². The Bertz CT molecular complexity index is 1550. The molecule has 0 spiro atoms. The highest BCUT2D eigenvalue weighted by Crippen LogP contribution is 2.25. The lowest BCUT2D eigenvalue weighted by atomic mass is 10.1. The number of aromatic nitrogens is 2. The summed E-state index contributed by atoms with van der Waals surface area (Å²) in [6.45, 7) is 3.99. The average Bonchev–Trinajstić information content (AvgIpc) is 3.40. The van der Waals surface area contributed by atoms with Gasteiger partial charge >= 0.3 is 12.0 Å². The van der Waals surface area contributed by atoms with Gasteiger partial charge in [0.15, 0.2) is 0 Å². The number of nitrogens with one attached hydrogen (secondary N) is 2. The van der Waals surface area contributed by atoms with Crippen LogP contribution in [0.25, 0.3) is 5.69 Å². The lowest BCUT2D eigenvalue weighted by Gasteiger charge is -2.24. The fourth-order valence-electron chi connectivity index (χ4n) is 4.25. The molecule has 1 saturated heterocycles. The van der Waals surface area contributed by atoms with Crippen molar-refractivity contribution >= 4 is 56.9 Å². The SMILES string of the molecule is COC1CC(C(=O)Nc2ccc(-n3cc(Br)cc(C(=O)OCC(C)C)c3=O)cc2F)N(C(=O)Nc2ccc(Cl)cn2)C1. The number of ether oxygens (including phenoxy) is 2. The molecule has 2 unspecified atom stereocenters. The minimum Gasteiger partial charge on any atom is -0.462 e. The van der Waals surface area contributed by atoms with Gasteiger partial charge in [0.25, 0.3) is 5.56 Å². The first kappa shape index (κ1) is 31.1. The summed E-state index contributed by atoms with van der Waals surface area (Å²) in [5.41, 5.74) is -0.962. The van der Waals surface area contributed by atoms with Crippen molar-refractivity contribution in [3.63, 3.8) is 0 Å². The predicted molar refractivity (Wildman–Crippen MR) is 158 cm³/mol. The molecule has 222 valence electrons. The summed E-state index contributed by atoms with van der Waals surface area (Å²) in [5.74, 6) is -1.94. The summed E-state index contributed by atoms with van der Waals surface area (Å²) >= 11 is 9.12. The number of hydrogen-bond acceptors (Lipinski definition) is 7. The molecule has 3 aromatic rings. The van der Waals surface area contributed by atoms with E-state index in [4.69, 9.17) is 21.1 Å². The van der Waals surface area contributed by atoms with Gasteiger partial charge in [0.05, 0.1) is 29.1 Å². The highest BCUT2D eigenvalue weighted by atomic mass is 79.9. The Hall–Kier alpha value is -3.81. The van der Waals surface area contributed by atoms with E-state index in [1.807, 2.05) is 13.8 Å². The first-order chi connectivity index (χ1) is 20.0. The molecule has 2 aromatic heterocycles. The van der Waals surface area contributed by atoms with Crippen LogP contribution in [0.5, 0.6) is 0 Å². The number of pyridine rings is 2. The zero-order chi connectivity index (χ0) is 30.6. The lowest BCUT2D eigenvalue weighted by Crippen LogP contribution is -2.45. The Morgan fingerprint density at radius 1 is 1.19 bits per heavy atom. The van der Waals surface area contributed by atoms with E-state index < -0.39 is 41.4 Å². The average molecular weight is 665 g/mol. The molecule has 42 heavy (non-hydrogen) atoms. The third kappa shape index (κ3) is 7.33. The van der Waals surface area contributed by atoms with Crippen LogP contribution in [0.2, 0.25) is 5.02 Å². The van der Waals surface area contributed by atoms with Gasteiger partial charge in [-0.1, -0.05) is 25.4 Å². The third-order valence-electron chi connectivity index (χ3n) is 6.36. The maximum atomic E-state index is 15.2. The van der Waals surface area contributed by atoms with Crippen molar-refractivity contribution in [1.82, 2.24) is 14.5 Å². The van der Waals surface area contributed by atoms with Crippen LogP contribution in [0.15, 0.2) is 58.1 Å². The fraction of sp³-hybridized carbons (Fsp3) is 0.321. The van der Waals surface area contributed by atoms with Crippen molar-refractivity contribution in [2.75, 3.05) is 30.9 Å². The van der Waals surface area contributed by atoms with Crippen molar-refractivity contribution < 1.29 is 28.2 Å².